The second-order valence-electron chi connectivity index (χ2n) is 2.09. The number of nitrogens with one attached hydrogen (secondary N) is 1. The van der Waals surface area contributed by atoms with Gasteiger partial charge in [-0.25, -0.2) is 0 Å². The first kappa shape index (κ1) is 7.86. The van der Waals surface area contributed by atoms with E-state index in [9.17, 15) is 0 Å². The van der Waals surface area contributed by atoms with Crippen LogP contribution < -0.4 is 5.43 Å². The maximum atomic E-state index is 5.59. The molecule has 54 valence electrons. The van der Waals surface area contributed by atoms with Crippen LogP contribution in [0.1, 0.15) is 5.56 Å². The van der Waals surface area contributed by atoms with Gasteiger partial charge in [-0.2, -0.15) is 5.10 Å². The van der Waals surface area contributed by atoms with Crippen molar-refractivity contribution >= 4 is 13.5 Å². The lowest BCUT2D eigenvalue weighted by atomic mass is 9.94. The van der Waals surface area contributed by atoms with Crippen molar-refractivity contribution in [1.82, 2.24) is 5.43 Å². The van der Waals surface area contributed by atoms with Gasteiger partial charge in [-0.05, 0) is 5.56 Å². The van der Waals surface area contributed by atoms with Gasteiger partial charge in [-0.3, -0.25) is 0 Å². The van der Waals surface area contributed by atoms with Crippen LogP contribution in [-0.2, 0) is 0 Å². The number of nitrogens with zero attached hydrogens (tertiary/aromatic N) is 1. The molecule has 0 heterocycles. The lowest BCUT2D eigenvalue weighted by Crippen LogP contribution is -2.06. The van der Waals surface area contributed by atoms with Crippen LogP contribution in [0.2, 0.25) is 0 Å². The second kappa shape index (κ2) is 3.81. The van der Waals surface area contributed by atoms with Crippen LogP contribution in [0.4, 0.5) is 0 Å². The average Bonchev–Trinajstić information content (AvgIpc) is 2.07. The van der Waals surface area contributed by atoms with Crippen molar-refractivity contribution in [1.29, 1.82) is 0 Å². The Labute approximate surface area is 67.7 Å². The fraction of sp³-hybridized carbons (Fsp3) is 0.125. The Morgan fingerprint density at radius 2 is 2.00 bits per heavy atom. The van der Waals surface area contributed by atoms with Crippen LogP contribution in [0.3, 0.4) is 0 Å². The summed E-state index contributed by atoms with van der Waals surface area (Å²) < 4.78 is 0. The third-order valence-corrected chi connectivity index (χ3v) is 1.30. The highest BCUT2D eigenvalue weighted by Gasteiger charge is 1.91. The molecule has 0 saturated heterocycles. The van der Waals surface area contributed by atoms with Gasteiger partial charge in [0, 0.05) is 12.7 Å². The largest absolute Gasteiger partial charge is 0.314 e. The molecule has 1 aromatic rings. The first-order chi connectivity index (χ1) is 5.34. The van der Waals surface area contributed by atoms with Gasteiger partial charge < -0.3 is 5.43 Å². The van der Waals surface area contributed by atoms with E-state index in [0.717, 1.165) is 5.56 Å². The third kappa shape index (κ3) is 2.11. The van der Waals surface area contributed by atoms with E-state index < -0.39 is 0 Å². The molecule has 0 unspecified atom stereocenters. The minimum Gasteiger partial charge on any atom is -0.314 e. The van der Waals surface area contributed by atoms with Crippen LogP contribution >= 0.6 is 0 Å². The molecule has 0 aromatic heterocycles. The molecule has 0 aliphatic rings. The highest BCUT2D eigenvalue weighted by Crippen LogP contribution is 1.97. The number of hydrogen-bond acceptors (Lipinski definition) is 2. The molecule has 0 fully saturated rings. The molecule has 0 bridgehead atoms. The molecule has 0 aliphatic carbocycles. The second-order valence-corrected chi connectivity index (χ2v) is 2.09. The van der Waals surface area contributed by atoms with Crippen molar-refractivity contribution in [3.63, 3.8) is 0 Å². The van der Waals surface area contributed by atoms with E-state index >= 15 is 0 Å². The molecular formula is C8H9BN2. The molecule has 0 aliphatic heterocycles. The Morgan fingerprint density at radius 1 is 1.36 bits per heavy atom. The first-order valence-corrected chi connectivity index (χ1v) is 3.40. The lowest BCUT2D eigenvalue weighted by molar-refractivity contribution is 0.905. The van der Waals surface area contributed by atoms with E-state index in [1.54, 1.807) is 7.05 Å². The number of hydrazone groups is 1. The summed E-state index contributed by atoms with van der Waals surface area (Å²) in [5.41, 5.74) is 4.07. The average molecular weight is 144 g/mol. The van der Waals surface area contributed by atoms with Crippen molar-refractivity contribution in [3.05, 3.63) is 35.9 Å². The fourth-order valence-corrected chi connectivity index (χ4v) is 0.794. The summed E-state index contributed by atoms with van der Waals surface area (Å²) in [7, 11) is 7.31. The van der Waals surface area contributed by atoms with E-state index in [-0.39, 0.29) is 0 Å². The summed E-state index contributed by atoms with van der Waals surface area (Å²) in [6.07, 6.45) is 0. The minimum atomic E-state index is 0.508. The van der Waals surface area contributed by atoms with Gasteiger partial charge in [0.25, 0.3) is 0 Å². The molecule has 1 rings (SSSR count). The highest BCUT2D eigenvalue weighted by molar-refractivity contribution is 6.64. The molecule has 0 amide bonds. The zero-order valence-corrected chi connectivity index (χ0v) is 6.41. The topological polar surface area (TPSA) is 24.4 Å². The molecule has 3 heteroatoms. The Bertz CT molecular complexity index is 244. The summed E-state index contributed by atoms with van der Waals surface area (Å²) in [5.74, 6) is 0. The zero-order valence-electron chi connectivity index (χ0n) is 6.41. The quantitative estimate of drug-likeness (QED) is 0.369. The van der Waals surface area contributed by atoms with Gasteiger partial charge in [-0.15, -0.1) is 0 Å². The Hall–Kier alpha value is -1.25. The van der Waals surface area contributed by atoms with Gasteiger partial charge in [0.15, 0.2) is 0 Å². The van der Waals surface area contributed by atoms with E-state index in [2.05, 4.69) is 10.5 Å². The standard InChI is InChI=1S/C8H9BN2/c1-10-11-8(9)7-5-3-2-4-6-7/h2-6,10H,1H3/b11-8-. The molecule has 2 radical (unpaired) electrons. The third-order valence-electron chi connectivity index (χ3n) is 1.30. The molecule has 0 spiro atoms. The predicted octanol–water partition coefficient (Wildman–Crippen LogP) is 0.736. The van der Waals surface area contributed by atoms with Crippen LogP contribution in [-0.4, -0.2) is 20.5 Å². The molecule has 1 N–H and O–H groups in total. The van der Waals surface area contributed by atoms with Crippen LogP contribution in [0.15, 0.2) is 35.4 Å². The van der Waals surface area contributed by atoms with Crippen molar-refractivity contribution < 1.29 is 0 Å². The van der Waals surface area contributed by atoms with E-state index in [1.807, 2.05) is 30.3 Å². The van der Waals surface area contributed by atoms with Crippen LogP contribution in [0.5, 0.6) is 0 Å². The molecule has 0 atom stereocenters. The van der Waals surface area contributed by atoms with Gasteiger partial charge in [0.1, 0.15) is 7.85 Å². The maximum Gasteiger partial charge on any atom is 0.145 e. The van der Waals surface area contributed by atoms with Gasteiger partial charge in [0.05, 0.1) is 0 Å². The van der Waals surface area contributed by atoms with Crippen LogP contribution in [0.25, 0.3) is 0 Å². The Morgan fingerprint density at radius 3 is 2.55 bits per heavy atom. The molecule has 11 heavy (non-hydrogen) atoms. The van der Waals surface area contributed by atoms with E-state index in [4.69, 9.17) is 7.85 Å². The monoisotopic (exact) mass is 144 g/mol. The predicted molar refractivity (Wildman–Crippen MR) is 47.8 cm³/mol. The first-order valence-electron chi connectivity index (χ1n) is 3.40. The van der Waals surface area contributed by atoms with Crippen molar-refractivity contribution in [2.75, 3.05) is 7.05 Å². The number of hydrogen-bond donors (Lipinski definition) is 1. The maximum absolute atomic E-state index is 5.59. The van der Waals surface area contributed by atoms with Crippen molar-refractivity contribution in [2.45, 2.75) is 0 Å². The fourth-order valence-electron chi connectivity index (χ4n) is 0.794. The van der Waals surface area contributed by atoms with Gasteiger partial charge in [-0.1, -0.05) is 30.3 Å². The number of benzene rings is 1. The zero-order chi connectivity index (χ0) is 8.10. The molecule has 0 saturated carbocycles. The van der Waals surface area contributed by atoms with Crippen molar-refractivity contribution in [2.24, 2.45) is 5.10 Å². The lowest BCUT2D eigenvalue weighted by Gasteiger charge is -1.98. The van der Waals surface area contributed by atoms with Crippen molar-refractivity contribution in [3.8, 4) is 0 Å². The molecule has 2 nitrogen and oxygen atoms in total. The van der Waals surface area contributed by atoms with Gasteiger partial charge in [0.2, 0.25) is 0 Å². The van der Waals surface area contributed by atoms with E-state index in [1.165, 1.54) is 0 Å². The number of rotatable bonds is 2. The molecular weight excluding hydrogens is 135 g/mol. The van der Waals surface area contributed by atoms with E-state index in [0.29, 0.717) is 5.61 Å². The summed E-state index contributed by atoms with van der Waals surface area (Å²) in [6, 6.07) is 9.61. The molecule has 1 aromatic carbocycles. The summed E-state index contributed by atoms with van der Waals surface area (Å²) >= 11 is 0. The summed E-state index contributed by atoms with van der Waals surface area (Å²) in [4.78, 5) is 0. The van der Waals surface area contributed by atoms with Crippen LogP contribution in [0, 0.1) is 0 Å². The SMILES string of the molecule is [B]/C(=N\NC)c1ccccc1. The normalized spacial score (nSPS) is 11.2. The Balaban J connectivity index is 2.85. The summed E-state index contributed by atoms with van der Waals surface area (Å²) in [5, 5.41) is 3.84. The smallest absolute Gasteiger partial charge is 0.145 e. The highest BCUT2D eigenvalue weighted by atomic mass is 15.3. The Kier molecular flexibility index (Phi) is 2.72. The summed E-state index contributed by atoms with van der Waals surface area (Å²) in [6.45, 7) is 0. The minimum absolute atomic E-state index is 0.508. The van der Waals surface area contributed by atoms with Gasteiger partial charge >= 0.3 is 0 Å².